The Labute approximate surface area is 85.7 Å². The van der Waals surface area contributed by atoms with Gasteiger partial charge >= 0.3 is 0 Å². The average Bonchev–Trinajstić information content (AvgIpc) is 2.89. The highest BCUT2D eigenvalue weighted by atomic mass is 79.9. The molecule has 0 bridgehead atoms. The summed E-state index contributed by atoms with van der Waals surface area (Å²) in [5, 5.41) is 9.05. The molecule has 1 saturated carbocycles. The third-order valence-corrected chi connectivity index (χ3v) is 2.51. The van der Waals surface area contributed by atoms with Gasteiger partial charge in [0.25, 0.3) is 0 Å². The molecule has 0 aliphatic heterocycles. The summed E-state index contributed by atoms with van der Waals surface area (Å²) in [5.41, 5.74) is 0.857. The summed E-state index contributed by atoms with van der Waals surface area (Å²) < 4.78 is 6.62. The van der Waals surface area contributed by atoms with Crippen LogP contribution in [0.4, 0.5) is 0 Å². The fourth-order valence-electron chi connectivity index (χ4n) is 1.13. The minimum atomic E-state index is 0.0370. The maximum Gasteiger partial charge on any atom is 0.126 e. The molecule has 0 amide bonds. The predicted octanol–water partition coefficient (Wildman–Crippen LogP) is 2.48. The third kappa shape index (κ3) is 2.23. The van der Waals surface area contributed by atoms with Gasteiger partial charge in [0.05, 0.1) is 12.7 Å². The lowest BCUT2D eigenvalue weighted by Crippen LogP contribution is -1.99. The van der Waals surface area contributed by atoms with Crippen molar-refractivity contribution in [3.05, 3.63) is 28.2 Å². The van der Waals surface area contributed by atoms with Crippen molar-refractivity contribution >= 4 is 15.9 Å². The van der Waals surface area contributed by atoms with Crippen LogP contribution < -0.4 is 4.74 Å². The van der Waals surface area contributed by atoms with Crippen molar-refractivity contribution < 1.29 is 9.84 Å². The fraction of sp³-hybridized carbons (Fsp3) is 0.400. The van der Waals surface area contributed by atoms with Crippen LogP contribution in [0.5, 0.6) is 5.75 Å². The summed E-state index contributed by atoms with van der Waals surface area (Å²) in [7, 11) is 0. The Morgan fingerprint density at radius 2 is 2.23 bits per heavy atom. The van der Waals surface area contributed by atoms with E-state index < -0.39 is 0 Å². The second-order valence-corrected chi connectivity index (χ2v) is 4.14. The van der Waals surface area contributed by atoms with E-state index in [0.29, 0.717) is 6.10 Å². The van der Waals surface area contributed by atoms with Gasteiger partial charge in [-0.05, 0) is 25.0 Å². The van der Waals surface area contributed by atoms with E-state index in [2.05, 4.69) is 15.9 Å². The van der Waals surface area contributed by atoms with Crippen molar-refractivity contribution in [1.82, 2.24) is 0 Å². The van der Waals surface area contributed by atoms with Gasteiger partial charge in [0, 0.05) is 10.0 Å². The molecule has 0 aromatic heterocycles. The summed E-state index contributed by atoms with van der Waals surface area (Å²) in [5.74, 6) is 0.805. The van der Waals surface area contributed by atoms with E-state index in [1.165, 1.54) is 0 Å². The van der Waals surface area contributed by atoms with Crippen LogP contribution in [0.2, 0.25) is 0 Å². The Morgan fingerprint density at radius 3 is 2.85 bits per heavy atom. The van der Waals surface area contributed by atoms with Crippen LogP contribution >= 0.6 is 15.9 Å². The molecule has 0 radical (unpaired) electrons. The minimum absolute atomic E-state index is 0.0370. The molecule has 1 aliphatic carbocycles. The summed E-state index contributed by atoms with van der Waals surface area (Å²) in [6.45, 7) is 0.0370. The number of benzene rings is 1. The molecular weight excluding hydrogens is 232 g/mol. The van der Waals surface area contributed by atoms with Crippen molar-refractivity contribution in [1.29, 1.82) is 0 Å². The Bertz CT molecular complexity index is 308. The largest absolute Gasteiger partial charge is 0.490 e. The molecule has 2 nitrogen and oxygen atoms in total. The van der Waals surface area contributed by atoms with Crippen molar-refractivity contribution in [2.75, 3.05) is 0 Å². The van der Waals surface area contributed by atoms with E-state index in [0.717, 1.165) is 28.6 Å². The maximum atomic E-state index is 9.05. The highest BCUT2D eigenvalue weighted by molar-refractivity contribution is 9.10. The minimum Gasteiger partial charge on any atom is -0.490 e. The van der Waals surface area contributed by atoms with Crippen molar-refractivity contribution in [2.24, 2.45) is 0 Å². The second-order valence-electron chi connectivity index (χ2n) is 3.23. The number of halogens is 1. The Balaban J connectivity index is 2.22. The second kappa shape index (κ2) is 3.68. The van der Waals surface area contributed by atoms with E-state index in [1.54, 1.807) is 0 Å². The van der Waals surface area contributed by atoms with E-state index in [4.69, 9.17) is 9.84 Å². The van der Waals surface area contributed by atoms with Crippen LogP contribution in [-0.4, -0.2) is 11.2 Å². The lowest BCUT2D eigenvalue weighted by molar-refractivity contribution is 0.258. The van der Waals surface area contributed by atoms with E-state index in [-0.39, 0.29) is 6.61 Å². The zero-order valence-corrected chi connectivity index (χ0v) is 8.75. The van der Waals surface area contributed by atoms with Gasteiger partial charge in [-0.25, -0.2) is 0 Å². The lowest BCUT2D eigenvalue weighted by atomic mass is 10.2. The topological polar surface area (TPSA) is 29.5 Å². The van der Waals surface area contributed by atoms with Crippen molar-refractivity contribution in [3.8, 4) is 5.75 Å². The van der Waals surface area contributed by atoms with Crippen LogP contribution in [0, 0.1) is 0 Å². The molecule has 13 heavy (non-hydrogen) atoms. The molecule has 1 aliphatic rings. The summed E-state index contributed by atoms with van der Waals surface area (Å²) in [6, 6.07) is 5.69. The van der Waals surface area contributed by atoms with Crippen LogP contribution in [-0.2, 0) is 6.61 Å². The highest BCUT2D eigenvalue weighted by Gasteiger charge is 2.24. The van der Waals surface area contributed by atoms with E-state index in [9.17, 15) is 0 Å². The van der Waals surface area contributed by atoms with E-state index >= 15 is 0 Å². The monoisotopic (exact) mass is 242 g/mol. The van der Waals surface area contributed by atoms with Gasteiger partial charge in [0.15, 0.2) is 0 Å². The van der Waals surface area contributed by atoms with Gasteiger partial charge in [0.1, 0.15) is 5.75 Å². The zero-order chi connectivity index (χ0) is 9.26. The van der Waals surface area contributed by atoms with Gasteiger partial charge in [-0.15, -0.1) is 0 Å². The number of aliphatic hydroxyl groups is 1. The van der Waals surface area contributed by atoms with Crippen LogP contribution in [0.1, 0.15) is 18.4 Å². The SMILES string of the molecule is OCc1ccc(Br)cc1OC1CC1. The van der Waals surface area contributed by atoms with Crippen LogP contribution in [0.25, 0.3) is 0 Å². The molecule has 0 unspecified atom stereocenters. The zero-order valence-electron chi connectivity index (χ0n) is 7.16. The van der Waals surface area contributed by atoms with Gasteiger partial charge in [0.2, 0.25) is 0 Å². The smallest absolute Gasteiger partial charge is 0.126 e. The molecule has 3 heteroatoms. The Kier molecular flexibility index (Phi) is 2.56. The van der Waals surface area contributed by atoms with Crippen LogP contribution in [0.15, 0.2) is 22.7 Å². The molecule has 0 atom stereocenters. The van der Waals surface area contributed by atoms with Gasteiger partial charge in [-0.3, -0.25) is 0 Å². The molecule has 1 aromatic rings. The maximum absolute atomic E-state index is 9.05. The first-order chi connectivity index (χ1) is 6.29. The molecule has 70 valence electrons. The Morgan fingerprint density at radius 1 is 1.46 bits per heavy atom. The quantitative estimate of drug-likeness (QED) is 0.883. The lowest BCUT2D eigenvalue weighted by Gasteiger charge is -2.09. The fourth-order valence-corrected chi connectivity index (χ4v) is 1.47. The molecule has 2 rings (SSSR count). The number of aliphatic hydroxyl groups excluding tert-OH is 1. The molecule has 1 aromatic carbocycles. The third-order valence-electron chi connectivity index (χ3n) is 2.02. The van der Waals surface area contributed by atoms with Crippen molar-refractivity contribution in [3.63, 3.8) is 0 Å². The van der Waals surface area contributed by atoms with Crippen LogP contribution in [0.3, 0.4) is 0 Å². The molecular formula is C10H11BrO2. The molecule has 1 N–H and O–H groups in total. The molecule has 0 spiro atoms. The predicted molar refractivity (Wildman–Crippen MR) is 53.7 cm³/mol. The standard InChI is InChI=1S/C10H11BrO2/c11-8-2-1-7(6-12)10(5-8)13-9-3-4-9/h1-2,5,9,12H,3-4,6H2. The number of hydrogen-bond acceptors (Lipinski definition) is 2. The number of ether oxygens (including phenoxy) is 1. The van der Waals surface area contributed by atoms with Gasteiger partial charge in [-0.2, -0.15) is 0 Å². The Hall–Kier alpha value is -0.540. The van der Waals surface area contributed by atoms with Crippen molar-refractivity contribution in [2.45, 2.75) is 25.6 Å². The summed E-state index contributed by atoms with van der Waals surface area (Å²) in [6.07, 6.45) is 2.65. The van der Waals surface area contributed by atoms with Gasteiger partial charge < -0.3 is 9.84 Å². The highest BCUT2D eigenvalue weighted by Crippen LogP contribution is 2.31. The molecule has 0 heterocycles. The van der Waals surface area contributed by atoms with E-state index in [1.807, 2.05) is 18.2 Å². The molecule has 0 saturated heterocycles. The first-order valence-electron chi connectivity index (χ1n) is 4.35. The number of hydrogen-bond donors (Lipinski definition) is 1. The normalized spacial score (nSPS) is 15.8. The first-order valence-corrected chi connectivity index (χ1v) is 5.15. The first kappa shape index (κ1) is 9.03. The summed E-state index contributed by atoms with van der Waals surface area (Å²) in [4.78, 5) is 0. The number of rotatable bonds is 3. The molecule has 1 fully saturated rings. The average molecular weight is 243 g/mol. The summed E-state index contributed by atoms with van der Waals surface area (Å²) >= 11 is 3.37. The van der Waals surface area contributed by atoms with Gasteiger partial charge in [-0.1, -0.05) is 22.0 Å².